The van der Waals surface area contributed by atoms with Crippen molar-refractivity contribution in [2.45, 2.75) is 37.2 Å². The Morgan fingerprint density at radius 1 is 1.41 bits per heavy atom. The van der Waals surface area contributed by atoms with E-state index >= 15 is 0 Å². The molecule has 2 fully saturated rings. The number of anilines is 2. The summed E-state index contributed by atoms with van der Waals surface area (Å²) in [7, 11) is 1.71. The summed E-state index contributed by atoms with van der Waals surface area (Å²) < 4.78 is 15.0. The lowest BCUT2D eigenvalue weighted by Crippen LogP contribution is -2.29. The lowest BCUT2D eigenvalue weighted by Gasteiger charge is -2.24. The molecule has 0 bridgehead atoms. The number of hydrogen-bond donors (Lipinski definition) is 4. The van der Waals surface area contributed by atoms with Gasteiger partial charge in [0.15, 0.2) is 0 Å². The maximum absolute atomic E-state index is 13.4. The van der Waals surface area contributed by atoms with Crippen molar-refractivity contribution < 1.29 is 19.4 Å². The number of benzene rings is 1. The van der Waals surface area contributed by atoms with E-state index in [0.717, 1.165) is 25.7 Å². The van der Waals surface area contributed by atoms with E-state index in [2.05, 4.69) is 10.4 Å². The SMILES string of the molecule is Cn1nc(C2CC3CC(O)(CSCCO)CC3C2)c(C(=O)Nc2ccc(F)c(Cl)c2)c1N. The number of aliphatic hydroxyl groups is 2. The van der Waals surface area contributed by atoms with Crippen molar-refractivity contribution >= 4 is 40.8 Å². The van der Waals surface area contributed by atoms with Crippen LogP contribution in [0.4, 0.5) is 15.9 Å². The molecule has 0 saturated heterocycles. The van der Waals surface area contributed by atoms with Gasteiger partial charge in [-0.05, 0) is 55.7 Å². The molecule has 2 atom stereocenters. The number of carbonyl (C=O) groups excluding carboxylic acids is 1. The number of halogens is 2. The average molecular weight is 483 g/mol. The van der Waals surface area contributed by atoms with Gasteiger partial charge in [-0.3, -0.25) is 9.48 Å². The molecular formula is C22H28ClFN4O3S. The van der Waals surface area contributed by atoms with Gasteiger partial charge in [0.2, 0.25) is 0 Å². The zero-order valence-corrected chi connectivity index (χ0v) is 19.4. The van der Waals surface area contributed by atoms with Crippen LogP contribution in [0.3, 0.4) is 0 Å². The smallest absolute Gasteiger partial charge is 0.261 e. The number of amides is 1. The Kier molecular flexibility index (Phi) is 6.72. The van der Waals surface area contributed by atoms with E-state index in [1.807, 2.05) is 0 Å². The summed E-state index contributed by atoms with van der Waals surface area (Å²) in [5, 5.41) is 27.2. The van der Waals surface area contributed by atoms with E-state index in [4.69, 9.17) is 22.4 Å². The molecule has 1 aromatic carbocycles. The first-order valence-electron chi connectivity index (χ1n) is 10.7. The minimum Gasteiger partial charge on any atom is -0.396 e. The zero-order valence-electron chi connectivity index (χ0n) is 17.9. The molecule has 1 aromatic heterocycles. The van der Waals surface area contributed by atoms with E-state index in [1.165, 1.54) is 22.9 Å². The van der Waals surface area contributed by atoms with Gasteiger partial charge in [0, 0.05) is 30.2 Å². The van der Waals surface area contributed by atoms with Gasteiger partial charge in [0.1, 0.15) is 17.2 Å². The predicted molar refractivity (Wildman–Crippen MR) is 125 cm³/mol. The number of hydrogen-bond acceptors (Lipinski definition) is 6. The number of aryl methyl sites for hydroxylation is 1. The van der Waals surface area contributed by atoms with Gasteiger partial charge < -0.3 is 21.3 Å². The van der Waals surface area contributed by atoms with Gasteiger partial charge in [0.25, 0.3) is 5.91 Å². The molecule has 2 aliphatic rings. The van der Waals surface area contributed by atoms with Crippen molar-refractivity contribution in [3.05, 3.63) is 40.3 Å². The second kappa shape index (κ2) is 9.21. The number of aromatic nitrogens is 2. The van der Waals surface area contributed by atoms with E-state index in [1.54, 1.807) is 18.8 Å². The summed E-state index contributed by atoms with van der Waals surface area (Å²) >= 11 is 7.41. The molecule has 0 spiro atoms. The number of aliphatic hydroxyl groups excluding tert-OH is 1. The standard InChI is InChI=1S/C22H28ClFN4O3S/c1-28-20(25)18(21(30)26-15-2-3-17(24)16(23)8-15)19(27-28)12-6-13-9-22(31,10-14(13)7-12)11-32-5-4-29/h2-3,8,12-14,29,31H,4-7,9-11,25H2,1H3,(H,26,30). The second-order valence-electron chi connectivity index (χ2n) is 8.95. The first-order chi connectivity index (χ1) is 15.2. The van der Waals surface area contributed by atoms with Crippen molar-refractivity contribution in [1.82, 2.24) is 9.78 Å². The molecule has 2 saturated carbocycles. The predicted octanol–water partition coefficient (Wildman–Crippen LogP) is 3.41. The highest BCUT2D eigenvalue weighted by Crippen LogP contribution is 2.54. The molecule has 2 aromatic rings. The summed E-state index contributed by atoms with van der Waals surface area (Å²) in [4.78, 5) is 13.1. The molecule has 1 amide bonds. The van der Waals surface area contributed by atoms with Crippen LogP contribution >= 0.6 is 23.4 Å². The number of fused-ring (bicyclic) bond motifs is 1. The first kappa shape index (κ1) is 23.4. The number of nitrogens with zero attached hydrogens (tertiary/aromatic N) is 2. The molecule has 1 heterocycles. The average Bonchev–Trinajstić information content (AvgIpc) is 3.34. The highest BCUT2D eigenvalue weighted by molar-refractivity contribution is 7.99. The maximum Gasteiger partial charge on any atom is 0.261 e. The van der Waals surface area contributed by atoms with Gasteiger partial charge in [-0.2, -0.15) is 16.9 Å². The Bertz CT molecular complexity index is 1000. The summed E-state index contributed by atoms with van der Waals surface area (Å²) in [6.07, 6.45) is 3.14. The Morgan fingerprint density at radius 2 is 2.09 bits per heavy atom. The number of nitrogens with one attached hydrogen (secondary N) is 1. The van der Waals surface area contributed by atoms with Gasteiger partial charge in [0.05, 0.1) is 22.9 Å². The van der Waals surface area contributed by atoms with E-state index in [9.17, 15) is 14.3 Å². The van der Waals surface area contributed by atoms with Crippen molar-refractivity contribution in [2.24, 2.45) is 18.9 Å². The van der Waals surface area contributed by atoms with Crippen LogP contribution in [-0.2, 0) is 7.05 Å². The van der Waals surface area contributed by atoms with Crippen LogP contribution in [0.1, 0.15) is 47.7 Å². The van der Waals surface area contributed by atoms with Gasteiger partial charge >= 0.3 is 0 Å². The third kappa shape index (κ3) is 4.62. The molecule has 5 N–H and O–H groups in total. The fourth-order valence-electron chi connectivity index (χ4n) is 5.28. The molecule has 0 radical (unpaired) electrons. The van der Waals surface area contributed by atoms with E-state index in [0.29, 0.717) is 40.3 Å². The fraction of sp³-hybridized carbons (Fsp3) is 0.545. The van der Waals surface area contributed by atoms with Gasteiger partial charge in [-0.25, -0.2) is 4.39 Å². The Balaban J connectivity index is 1.48. The number of thioether (sulfide) groups is 1. The summed E-state index contributed by atoms with van der Waals surface area (Å²) in [5.74, 6) is 1.41. The Hall–Kier alpha value is -1.81. The van der Waals surface area contributed by atoms with Crippen LogP contribution in [-0.4, -0.2) is 49.6 Å². The van der Waals surface area contributed by atoms with Gasteiger partial charge in [-0.1, -0.05) is 11.6 Å². The largest absolute Gasteiger partial charge is 0.396 e. The van der Waals surface area contributed by atoms with Crippen LogP contribution in [0.2, 0.25) is 5.02 Å². The molecule has 32 heavy (non-hydrogen) atoms. The Labute approximate surface area is 195 Å². The van der Waals surface area contributed by atoms with Crippen LogP contribution < -0.4 is 11.1 Å². The zero-order chi connectivity index (χ0) is 23.0. The molecule has 0 aliphatic heterocycles. The normalized spacial score (nSPS) is 27.0. The number of nitrogen functional groups attached to an aromatic ring is 1. The van der Waals surface area contributed by atoms with Crippen molar-refractivity contribution in [1.29, 1.82) is 0 Å². The third-order valence-electron chi connectivity index (χ3n) is 6.64. The molecule has 174 valence electrons. The molecular weight excluding hydrogens is 455 g/mol. The molecule has 10 heteroatoms. The number of rotatable bonds is 7. The number of carbonyl (C=O) groups is 1. The summed E-state index contributed by atoms with van der Waals surface area (Å²) in [5.41, 5.74) is 6.90. The van der Waals surface area contributed by atoms with Crippen LogP contribution in [0.15, 0.2) is 18.2 Å². The quantitative estimate of drug-likeness (QED) is 0.450. The van der Waals surface area contributed by atoms with Gasteiger partial charge in [-0.15, -0.1) is 0 Å². The monoisotopic (exact) mass is 482 g/mol. The highest BCUT2D eigenvalue weighted by Gasteiger charge is 2.49. The minimum absolute atomic E-state index is 0.0737. The lowest BCUT2D eigenvalue weighted by molar-refractivity contribution is 0.0629. The topological polar surface area (TPSA) is 113 Å². The Morgan fingerprint density at radius 3 is 2.72 bits per heavy atom. The molecule has 2 unspecified atom stereocenters. The van der Waals surface area contributed by atoms with Crippen molar-refractivity contribution in [3.8, 4) is 0 Å². The summed E-state index contributed by atoms with van der Waals surface area (Å²) in [6.45, 7) is 0.117. The first-order valence-corrected chi connectivity index (χ1v) is 12.2. The van der Waals surface area contributed by atoms with Crippen molar-refractivity contribution in [3.63, 3.8) is 0 Å². The highest BCUT2D eigenvalue weighted by atomic mass is 35.5. The number of nitrogens with two attached hydrogens (primary N) is 1. The minimum atomic E-state index is -0.689. The molecule has 2 aliphatic carbocycles. The van der Waals surface area contributed by atoms with Crippen LogP contribution in [0, 0.1) is 17.7 Å². The van der Waals surface area contributed by atoms with Crippen molar-refractivity contribution in [2.75, 3.05) is 29.2 Å². The van der Waals surface area contributed by atoms with Crippen LogP contribution in [0.25, 0.3) is 0 Å². The molecule has 4 rings (SSSR count). The fourth-order valence-corrected chi connectivity index (χ4v) is 6.35. The second-order valence-corrected chi connectivity index (χ2v) is 10.5. The third-order valence-corrected chi connectivity index (χ3v) is 8.14. The molecule has 7 nitrogen and oxygen atoms in total. The lowest BCUT2D eigenvalue weighted by atomic mass is 9.92. The van der Waals surface area contributed by atoms with Crippen LogP contribution in [0.5, 0.6) is 0 Å². The van der Waals surface area contributed by atoms with E-state index in [-0.39, 0.29) is 23.4 Å². The summed E-state index contributed by atoms with van der Waals surface area (Å²) in [6, 6.07) is 4.00. The van der Waals surface area contributed by atoms with E-state index < -0.39 is 17.3 Å². The maximum atomic E-state index is 13.4.